The number of hydrogen-bond acceptors (Lipinski definition) is 6. The van der Waals surface area contributed by atoms with E-state index in [2.05, 4.69) is 5.43 Å². The van der Waals surface area contributed by atoms with Crippen LogP contribution in [0.1, 0.15) is 45.4 Å². The third-order valence-corrected chi connectivity index (χ3v) is 3.50. The van der Waals surface area contributed by atoms with Crippen molar-refractivity contribution in [3.05, 3.63) is 0 Å². The Labute approximate surface area is 131 Å². The molecule has 2 atom stereocenters. The molecule has 130 valence electrons. The Morgan fingerprint density at radius 1 is 1.00 bits per heavy atom. The smallest absolute Gasteiger partial charge is 0.322 e. The summed E-state index contributed by atoms with van der Waals surface area (Å²) in [6.45, 7) is 3.23. The molecule has 0 amide bonds. The van der Waals surface area contributed by atoms with E-state index in [1.807, 2.05) is 0 Å². The van der Waals surface area contributed by atoms with E-state index < -0.39 is 24.0 Å². The van der Waals surface area contributed by atoms with Crippen LogP contribution >= 0.6 is 0 Å². The highest BCUT2D eigenvalue weighted by Gasteiger charge is 2.28. The van der Waals surface area contributed by atoms with Gasteiger partial charge in [0.15, 0.2) is 0 Å². The van der Waals surface area contributed by atoms with Crippen molar-refractivity contribution >= 4 is 11.9 Å². The third-order valence-electron chi connectivity index (χ3n) is 3.50. The summed E-state index contributed by atoms with van der Waals surface area (Å²) in [5.41, 5.74) is 13.7. The summed E-state index contributed by atoms with van der Waals surface area (Å²) in [4.78, 5) is 22.7. The van der Waals surface area contributed by atoms with Gasteiger partial charge in [0.2, 0.25) is 0 Å². The first-order valence-corrected chi connectivity index (χ1v) is 7.86. The van der Waals surface area contributed by atoms with Crippen LogP contribution in [0.4, 0.5) is 0 Å². The summed E-state index contributed by atoms with van der Waals surface area (Å²) in [5, 5.41) is 20.1. The normalized spacial score (nSPS) is 14.0. The van der Waals surface area contributed by atoms with Crippen molar-refractivity contribution in [2.75, 3.05) is 19.6 Å². The van der Waals surface area contributed by atoms with E-state index in [1.165, 1.54) is 5.01 Å². The number of likely N-dealkylation sites (N-methyl/N-ethyl adjacent to an activating group) is 1. The Hall–Kier alpha value is -1.22. The minimum atomic E-state index is -0.985. The summed E-state index contributed by atoms with van der Waals surface area (Å²) in [5.74, 6) is -1.95. The first-order chi connectivity index (χ1) is 10.5. The maximum absolute atomic E-state index is 11.4. The summed E-state index contributed by atoms with van der Waals surface area (Å²) >= 11 is 0. The molecule has 0 bridgehead atoms. The number of aliphatic carboxylic acids is 2. The number of unbranched alkanes of at least 4 members (excludes halogenated alkanes) is 2. The molecule has 0 aromatic carbocycles. The lowest BCUT2D eigenvalue weighted by Crippen LogP contribution is -2.55. The van der Waals surface area contributed by atoms with Crippen LogP contribution in [0.25, 0.3) is 0 Å². The van der Waals surface area contributed by atoms with Gasteiger partial charge < -0.3 is 21.7 Å². The van der Waals surface area contributed by atoms with Crippen molar-refractivity contribution in [2.45, 2.75) is 57.5 Å². The van der Waals surface area contributed by atoms with Crippen LogP contribution in [0.2, 0.25) is 0 Å². The molecular formula is C14H30N4O4. The fourth-order valence-electron chi connectivity index (χ4n) is 2.23. The van der Waals surface area contributed by atoms with E-state index in [4.69, 9.17) is 11.5 Å². The molecule has 0 spiro atoms. The van der Waals surface area contributed by atoms with Crippen molar-refractivity contribution in [1.29, 1.82) is 0 Å². The minimum Gasteiger partial charge on any atom is -0.480 e. The van der Waals surface area contributed by atoms with E-state index in [-0.39, 0.29) is 0 Å². The average molecular weight is 318 g/mol. The maximum atomic E-state index is 11.4. The molecule has 8 heteroatoms. The maximum Gasteiger partial charge on any atom is 0.322 e. The summed E-state index contributed by atoms with van der Waals surface area (Å²) in [6, 6.07) is -1.56. The minimum absolute atomic E-state index is 0.403. The summed E-state index contributed by atoms with van der Waals surface area (Å²) in [6.07, 6.45) is 3.72. The number of carbonyl (C=O) groups is 2. The molecular weight excluding hydrogens is 288 g/mol. The van der Waals surface area contributed by atoms with Crippen LogP contribution in [0.3, 0.4) is 0 Å². The molecule has 0 heterocycles. The summed E-state index contributed by atoms with van der Waals surface area (Å²) < 4.78 is 0. The van der Waals surface area contributed by atoms with E-state index in [1.54, 1.807) is 6.92 Å². The highest BCUT2D eigenvalue weighted by Crippen LogP contribution is 2.10. The highest BCUT2D eigenvalue weighted by molar-refractivity contribution is 5.74. The number of rotatable bonds is 14. The molecule has 0 radical (unpaired) electrons. The number of hydrazine groups is 1. The topological polar surface area (TPSA) is 142 Å². The van der Waals surface area contributed by atoms with Crippen LogP contribution < -0.4 is 16.9 Å². The van der Waals surface area contributed by atoms with Crippen LogP contribution in [0.15, 0.2) is 0 Å². The van der Waals surface area contributed by atoms with Gasteiger partial charge in [-0.2, -0.15) is 0 Å². The Bertz CT molecular complexity index is 328. The molecule has 0 saturated carbocycles. The van der Waals surface area contributed by atoms with Crippen molar-refractivity contribution in [3.63, 3.8) is 0 Å². The van der Waals surface area contributed by atoms with E-state index >= 15 is 0 Å². The van der Waals surface area contributed by atoms with Gasteiger partial charge in [-0.3, -0.25) is 9.59 Å². The van der Waals surface area contributed by atoms with Crippen LogP contribution in [0, 0.1) is 0 Å². The van der Waals surface area contributed by atoms with Crippen molar-refractivity contribution in [2.24, 2.45) is 11.5 Å². The van der Waals surface area contributed by atoms with Gasteiger partial charge in [-0.15, -0.1) is 0 Å². The van der Waals surface area contributed by atoms with Gasteiger partial charge >= 0.3 is 11.9 Å². The first kappa shape index (κ1) is 20.8. The second-order valence-corrected chi connectivity index (χ2v) is 5.23. The molecule has 8 nitrogen and oxygen atoms in total. The largest absolute Gasteiger partial charge is 0.480 e. The zero-order valence-electron chi connectivity index (χ0n) is 13.3. The monoisotopic (exact) mass is 318 g/mol. The Morgan fingerprint density at radius 3 is 1.95 bits per heavy atom. The third kappa shape index (κ3) is 8.28. The summed E-state index contributed by atoms with van der Waals surface area (Å²) in [7, 11) is 0. The van der Waals surface area contributed by atoms with E-state index in [9.17, 15) is 19.8 Å². The predicted octanol–water partition coefficient (Wildman–Crippen LogP) is -0.0227. The van der Waals surface area contributed by atoms with Crippen LogP contribution in [0.5, 0.6) is 0 Å². The second kappa shape index (κ2) is 12.3. The number of carboxylic acid groups (broad SMARTS) is 2. The van der Waals surface area contributed by atoms with E-state index in [0.29, 0.717) is 45.3 Å². The standard InChI is InChI=1S/C14H30N4O4/c1-2-18(12(14(21)22)8-4-6-10-16)17-11(13(19)20)7-3-5-9-15/h11-12,17H,2-10,15-16H2,1H3,(H,19,20)(H,21,22)/t11-,12-/m0/s1. The lowest BCUT2D eigenvalue weighted by Gasteiger charge is -2.31. The number of nitrogens with zero attached hydrogens (tertiary/aromatic N) is 1. The molecule has 7 N–H and O–H groups in total. The van der Waals surface area contributed by atoms with Gasteiger partial charge in [0.1, 0.15) is 12.1 Å². The Morgan fingerprint density at radius 2 is 1.55 bits per heavy atom. The fourth-order valence-corrected chi connectivity index (χ4v) is 2.23. The first-order valence-electron chi connectivity index (χ1n) is 7.86. The molecule has 0 aliphatic heterocycles. The molecule has 0 rings (SSSR count). The number of carboxylic acids is 2. The molecule has 0 saturated heterocycles. The zero-order valence-corrected chi connectivity index (χ0v) is 13.3. The van der Waals surface area contributed by atoms with Gasteiger partial charge in [0.25, 0.3) is 0 Å². The SMILES string of the molecule is CCN(N[C@@H](CCCCN)C(=O)O)[C@@H](CCCCN)C(=O)O. The highest BCUT2D eigenvalue weighted by atomic mass is 16.4. The average Bonchev–Trinajstić information content (AvgIpc) is 2.47. The number of nitrogens with two attached hydrogens (primary N) is 2. The van der Waals surface area contributed by atoms with Gasteiger partial charge in [0, 0.05) is 6.54 Å². The van der Waals surface area contributed by atoms with E-state index in [0.717, 1.165) is 12.8 Å². The zero-order chi connectivity index (χ0) is 17.0. The molecule has 0 aliphatic rings. The quantitative estimate of drug-likeness (QED) is 0.222. The van der Waals surface area contributed by atoms with Crippen molar-refractivity contribution in [1.82, 2.24) is 10.4 Å². The van der Waals surface area contributed by atoms with Crippen molar-refractivity contribution < 1.29 is 19.8 Å². The molecule has 0 unspecified atom stereocenters. The van der Waals surface area contributed by atoms with Gasteiger partial charge in [-0.1, -0.05) is 6.92 Å². The number of nitrogens with one attached hydrogen (secondary N) is 1. The van der Waals surface area contributed by atoms with Crippen molar-refractivity contribution in [3.8, 4) is 0 Å². The predicted molar refractivity (Wildman–Crippen MR) is 84.2 cm³/mol. The molecule has 22 heavy (non-hydrogen) atoms. The Balaban J connectivity index is 4.70. The number of hydrogen-bond donors (Lipinski definition) is 5. The molecule has 0 aromatic rings. The van der Waals surface area contributed by atoms with Crippen LogP contribution in [-0.2, 0) is 9.59 Å². The van der Waals surface area contributed by atoms with Crippen LogP contribution in [-0.4, -0.2) is 58.9 Å². The second-order valence-electron chi connectivity index (χ2n) is 5.23. The molecule has 0 aliphatic carbocycles. The Kier molecular flexibility index (Phi) is 11.7. The van der Waals surface area contributed by atoms with Gasteiger partial charge in [-0.25, -0.2) is 10.4 Å². The lowest BCUT2D eigenvalue weighted by atomic mass is 10.1. The molecule has 0 aromatic heterocycles. The lowest BCUT2D eigenvalue weighted by molar-refractivity contribution is -0.149. The molecule has 0 fully saturated rings. The fraction of sp³-hybridized carbons (Fsp3) is 0.857. The van der Waals surface area contributed by atoms with Gasteiger partial charge in [0.05, 0.1) is 0 Å². The van der Waals surface area contributed by atoms with Gasteiger partial charge in [-0.05, 0) is 51.6 Å².